The molecule has 5 rings (SSSR count). The number of hydrogen-bond acceptors (Lipinski definition) is 5. The Labute approximate surface area is 187 Å². The van der Waals surface area contributed by atoms with Crippen LogP contribution in [0, 0.1) is 12.7 Å². The number of hydrogen-bond donors (Lipinski definition) is 1. The van der Waals surface area contributed by atoms with E-state index in [0.29, 0.717) is 33.2 Å². The van der Waals surface area contributed by atoms with Gasteiger partial charge < -0.3 is 5.11 Å². The number of fused-ring (bicyclic) bond motifs is 3. The average molecular weight is 447 g/mol. The van der Waals surface area contributed by atoms with Crippen LogP contribution in [0.2, 0.25) is 0 Å². The zero-order valence-corrected chi connectivity index (χ0v) is 18.0. The van der Waals surface area contributed by atoms with Gasteiger partial charge in [-0.25, -0.2) is 8.96 Å². The first-order valence-electron chi connectivity index (χ1n) is 10.1. The van der Waals surface area contributed by atoms with Gasteiger partial charge in [-0.3, -0.25) is 9.20 Å². The lowest BCUT2D eigenvalue weighted by Crippen LogP contribution is -2.22. The third-order valence-corrected chi connectivity index (χ3v) is 6.38. The van der Waals surface area contributed by atoms with Crippen molar-refractivity contribution in [3.8, 4) is 5.69 Å². The Morgan fingerprint density at radius 3 is 2.50 bits per heavy atom. The van der Waals surface area contributed by atoms with Crippen LogP contribution in [0.3, 0.4) is 0 Å². The fourth-order valence-corrected chi connectivity index (χ4v) is 4.65. The number of halogens is 1. The standard InChI is InChI=1S/C24H19FN4O2S/c1-15-6-2-4-8-19(15)28-22(31)18-7-3-5-9-20(18)29-23(28)26-27-24(29)32-14-21(30)16-10-12-17(25)13-11-16/h2-13,21,30H,14H2,1H3/t21-/m1/s1. The maximum absolute atomic E-state index is 13.4. The van der Waals surface area contributed by atoms with Crippen LogP contribution in [-0.2, 0) is 0 Å². The van der Waals surface area contributed by atoms with Gasteiger partial charge in [0.1, 0.15) is 5.82 Å². The van der Waals surface area contributed by atoms with Crippen molar-refractivity contribution in [2.24, 2.45) is 0 Å². The van der Waals surface area contributed by atoms with Crippen molar-refractivity contribution in [2.45, 2.75) is 18.2 Å². The van der Waals surface area contributed by atoms with E-state index in [4.69, 9.17) is 0 Å². The van der Waals surface area contributed by atoms with Crippen molar-refractivity contribution >= 4 is 28.4 Å². The molecule has 0 aliphatic carbocycles. The molecule has 1 N–H and O–H groups in total. The van der Waals surface area contributed by atoms with E-state index in [2.05, 4.69) is 10.2 Å². The number of benzene rings is 3. The molecule has 0 radical (unpaired) electrons. The fourth-order valence-electron chi connectivity index (χ4n) is 3.74. The molecule has 2 heterocycles. The molecular formula is C24H19FN4O2S. The summed E-state index contributed by atoms with van der Waals surface area (Å²) >= 11 is 1.32. The molecule has 3 aromatic carbocycles. The molecule has 0 spiro atoms. The third kappa shape index (κ3) is 3.47. The zero-order valence-electron chi connectivity index (χ0n) is 17.1. The number of aromatic nitrogens is 4. The van der Waals surface area contributed by atoms with Gasteiger partial charge in [0.2, 0.25) is 5.78 Å². The van der Waals surface area contributed by atoms with Crippen molar-refractivity contribution in [2.75, 3.05) is 5.75 Å². The van der Waals surface area contributed by atoms with Gasteiger partial charge in [-0.15, -0.1) is 10.2 Å². The van der Waals surface area contributed by atoms with Crippen LogP contribution >= 0.6 is 11.8 Å². The van der Waals surface area contributed by atoms with Gasteiger partial charge in [0.05, 0.1) is 22.7 Å². The highest BCUT2D eigenvalue weighted by Gasteiger charge is 2.19. The molecule has 0 unspecified atom stereocenters. The maximum atomic E-state index is 13.4. The number of aliphatic hydroxyl groups excluding tert-OH is 1. The second-order valence-corrected chi connectivity index (χ2v) is 8.43. The van der Waals surface area contributed by atoms with Gasteiger partial charge in [0, 0.05) is 5.75 Å². The zero-order chi connectivity index (χ0) is 22.2. The third-order valence-electron chi connectivity index (χ3n) is 5.38. The summed E-state index contributed by atoms with van der Waals surface area (Å²) in [7, 11) is 0. The predicted octanol–water partition coefficient (Wildman–Crippen LogP) is 4.31. The van der Waals surface area contributed by atoms with Crippen molar-refractivity contribution in [1.82, 2.24) is 19.2 Å². The number of thioether (sulfide) groups is 1. The molecule has 2 aromatic heterocycles. The van der Waals surface area contributed by atoms with E-state index < -0.39 is 6.10 Å². The monoisotopic (exact) mass is 446 g/mol. The topological polar surface area (TPSA) is 72.4 Å². The smallest absolute Gasteiger partial charge is 0.267 e. The summed E-state index contributed by atoms with van der Waals surface area (Å²) in [6, 6.07) is 20.7. The molecule has 32 heavy (non-hydrogen) atoms. The van der Waals surface area contributed by atoms with E-state index in [1.54, 1.807) is 22.8 Å². The van der Waals surface area contributed by atoms with Crippen molar-refractivity contribution in [3.05, 3.63) is 100 Å². The highest BCUT2D eigenvalue weighted by molar-refractivity contribution is 7.99. The van der Waals surface area contributed by atoms with Crippen molar-refractivity contribution < 1.29 is 9.50 Å². The summed E-state index contributed by atoms with van der Waals surface area (Å²) in [5, 5.41) is 20.3. The molecule has 1 atom stereocenters. The van der Waals surface area contributed by atoms with E-state index in [1.807, 2.05) is 53.8 Å². The molecule has 5 aromatic rings. The first-order chi connectivity index (χ1) is 15.5. The van der Waals surface area contributed by atoms with Crippen LogP contribution in [0.15, 0.2) is 82.7 Å². The lowest BCUT2D eigenvalue weighted by molar-refractivity contribution is 0.204. The van der Waals surface area contributed by atoms with Crippen LogP contribution in [0.25, 0.3) is 22.4 Å². The molecule has 0 aliphatic heterocycles. The predicted molar refractivity (Wildman–Crippen MR) is 123 cm³/mol. The molecule has 0 bridgehead atoms. The average Bonchev–Trinajstić information content (AvgIpc) is 3.23. The minimum absolute atomic E-state index is 0.169. The number of aliphatic hydroxyl groups is 1. The highest BCUT2D eigenvalue weighted by atomic mass is 32.2. The summed E-state index contributed by atoms with van der Waals surface area (Å²) in [5.74, 6) is 0.351. The largest absolute Gasteiger partial charge is 0.388 e. The minimum Gasteiger partial charge on any atom is -0.388 e. The van der Waals surface area contributed by atoms with Crippen molar-refractivity contribution in [3.63, 3.8) is 0 Å². The Kier molecular flexibility index (Phi) is 5.24. The van der Waals surface area contributed by atoms with Gasteiger partial charge in [-0.2, -0.15) is 0 Å². The number of nitrogens with zero attached hydrogens (tertiary/aromatic N) is 4. The Morgan fingerprint density at radius 2 is 1.72 bits per heavy atom. The lowest BCUT2D eigenvalue weighted by atomic mass is 10.1. The molecule has 6 nitrogen and oxygen atoms in total. The molecule has 8 heteroatoms. The maximum Gasteiger partial charge on any atom is 0.267 e. The number of aryl methyl sites for hydroxylation is 1. The van der Waals surface area contributed by atoms with Crippen LogP contribution in [0.4, 0.5) is 4.39 Å². The second-order valence-electron chi connectivity index (χ2n) is 7.44. The first kappa shape index (κ1) is 20.4. The molecule has 0 fully saturated rings. The summed E-state index contributed by atoms with van der Waals surface area (Å²) in [6.45, 7) is 1.94. The highest BCUT2D eigenvalue weighted by Crippen LogP contribution is 2.27. The van der Waals surface area contributed by atoms with E-state index in [0.717, 1.165) is 11.3 Å². The van der Waals surface area contributed by atoms with Gasteiger partial charge in [0.25, 0.3) is 5.56 Å². The SMILES string of the molecule is Cc1ccccc1-n1c(=O)c2ccccc2n2c(SC[C@@H](O)c3ccc(F)cc3)nnc12. The van der Waals surface area contributed by atoms with Gasteiger partial charge in [0.15, 0.2) is 5.16 Å². The molecule has 0 saturated carbocycles. The van der Waals surface area contributed by atoms with Crippen LogP contribution < -0.4 is 5.56 Å². The number of para-hydroxylation sites is 2. The van der Waals surface area contributed by atoms with Crippen LogP contribution in [-0.4, -0.2) is 30.0 Å². The molecule has 0 aliphatic rings. The summed E-state index contributed by atoms with van der Waals surface area (Å²) < 4.78 is 16.6. The van der Waals surface area contributed by atoms with Crippen molar-refractivity contribution in [1.29, 1.82) is 0 Å². The Hall–Kier alpha value is -3.49. The molecule has 0 amide bonds. The van der Waals surface area contributed by atoms with E-state index in [1.165, 1.54) is 23.9 Å². The minimum atomic E-state index is -0.804. The van der Waals surface area contributed by atoms with E-state index in [-0.39, 0.29) is 11.4 Å². The second kappa shape index (κ2) is 8.22. The quantitative estimate of drug-likeness (QED) is 0.408. The van der Waals surface area contributed by atoms with E-state index in [9.17, 15) is 14.3 Å². The van der Waals surface area contributed by atoms with Gasteiger partial charge in [-0.1, -0.05) is 54.2 Å². The van der Waals surface area contributed by atoms with Crippen LogP contribution in [0.5, 0.6) is 0 Å². The number of rotatable bonds is 5. The normalized spacial score (nSPS) is 12.5. The van der Waals surface area contributed by atoms with Crippen LogP contribution in [0.1, 0.15) is 17.2 Å². The lowest BCUT2D eigenvalue weighted by Gasteiger charge is -2.13. The summed E-state index contributed by atoms with van der Waals surface area (Å²) in [6.07, 6.45) is -0.804. The van der Waals surface area contributed by atoms with E-state index >= 15 is 0 Å². The van der Waals surface area contributed by atoms with Gasteiger partial charge in [-0.05, 0) is 48.4 Å². The summed E-state index contributed by atoms with van der Waals surface area (Å²) in [5.41, 5.74) is 2.83. The molecule has 160 valence electrons. The Bertz CT molecular complexity index is 1490. The fraction of sp³-hybridized carbons (Fsp3) is 0.125. The Balaban J connectivity index is 1.63. The molecular weight excluding hydrogens is 427 g/mol. The van der Waals surface area contributed by atoms with Gasteiger partial charge >= 0.3 is 0 Å². The Morgan fingerprint density at radius 1 is 1.00 bits per heavy atom. The molecule has 0 saturated heterocycles. The first-order valence-corrected chi connectivity index (χ1v) is 11.0. The summed E-state index contributed by atoms with van der Waals surface area (Å²) in [4.78, 5) is 13.4.